The van der Waals surface area contributed by atoms with Crippen LogP contribution in [0.5, 0.6) is 0 Å². The molecule has 0 aliphatic carbocycles. The number of hydrogen-bond donors (Lipinski definition) is 0. The van der Waals surface area contributed by atoms with E-state index in [1.54, 1.807) is 19.3 Å². The van der Waals surface area contributed by atoms with Gasteiger partial charge in [0.15, 0.2) is 9.84 Å². The summed E-state index contributed by atoms with van der Waals surface area (Å²) in [7, 11) is -1.36. The average Bonchev–Trinajstić information content (AvgIpc) is 2.87. The van der Waals surface area contributed by atoms with E-state index in [0.29, 0.717) is 12.1 Å². The highest BCUT2D eigenvalue weighted by Gasteiger charge is 2.33. The van der Waals surface area contributed by atoms with Crippen LogP contribution in [0.2, 0.25) is 0 Å². The van der Waals surface area contributed by atoms with Crippen molar-refractivity contribution in [2.24, 2.45) is 0 Å². The van der Waals surface area contributed by atoms with Gasteiger partial charge in [-0.15, -0.1) is 0 Å². The van der Waals surface area contributed by atoms with Gasteiger partial charge < -0.3 is 9.80 Å². The standard InChI is InChI=1S/C15H23N3O3S/c1-4-18(5-2)12-6-8-16-14(10-12)15(19)17(3)13-7-9-22(20,21)11-13/h6,8,10,13H,4-5,7,9,11H2,1-3H3. The van der Waals surface area contributed by atoms with Crippen molar-refractivity contribution in [2.75, 3.05) is 36.5 Å². The number of aromatic nitrogens is 1. The van der Waals surface area contributed by atoms with Crippen molar-refractivity contribution in [2.45, 2.75) is 26.3 Å². The minimum Gasteiger partial charge on any atom is -0.372 e. The lowest BCUT2D eigenvalue weighted by atomic mass is 10.2. The highest BCUT2D eigenvalue weighted by molar-refractivity contribution is 7.91. The fourth-order valence-electron chi connectivity index (χ4n) is 2.75. The van der Waals surface area contributed by atoms with E-state index >= 15 is 0 Å². The average molecular weight is 325 g/mol. The van der Waals surface area contributed by atoms with Crippen molar-refractivity contribution in [3.05, 3.63) is 24.0 Å². The largest absolute Gasteiger partial charge is 0.372 e. The fraction of sp³-hybridized carbons (Fsp3) is 0.600. The molecule has 7 heteroatoms. The quantitative estimate of drug-likeness (QED) is 0.813. The topological polar surface area (TPSA) is 70.6 Å². The second-order valence-corrected chi connectivity index (χ2v) is 7.77. The first-order valence-electron chi connectivity index (χ1n) is 7.56. The molecule has 1 atom stereocenters. The predicted octanol–water partition coefficient (Wildman–Crippen LogP) is 1.19. The van der Waals surface area contributed by atoms with Crippen LogP contribution >= 0.6 is 0 Å². The summed E-state index contributed by atoms with van der Waals surface area (Å²) in [4.78, 5) is 20.3. The Hall–Kier alpha value is -1.63. The molecule has 2 rings (SSSR count). The molecule has 1 aliphatic rings. The van der Waals surface area contributed by atoms with E-state index in [0.717, 1.165) is 18.8 Å². The van der Waals surface area contributed by atoms with Crippen molar-refractivity contribution in [1.29, 1.82) is 0 Å². The van der Waals surface area contributed by atoms with E-state index in [9.17, 15) is 13.2 Å². The Morgan fingerprint density at radius 2 is 2.05 bits per heavy atom. The summed E-state index contributed by atoms with van der Waals surface area (Å²) in [5, 5.41) is 0. The molecular weight excluding hydrogens is 302 g/mol. The smallest absolute Gasteiger partial charge is 0.272 e. The Balaban J connectivity index is 2.17. The van der Waals surface area contributed by atoms with Crippen LogP contribution in [0.15, 0.2) is 18.3 Å². The fourth-order valence-corrected chi connectivity index (χ4v) is 4.52. The Bertz CT molecular complexity index is 641. The van der Waals surface area contributed by atoms with Crippen molar-refractivity contribution in [3.8, 4) is 0 Å². The summed E-state index contributed by atoms with van der Waals surface area (Å²) in [5.74, 6) is -0.0243. The lowest BCUT2D eigenvalue weighted by Gasteiger charge is -2.24. The number of anilines is 1. The Morgan fingerprint density at radius 3 is 2.59 bits per heavy atom. The molecule has 1 aromatic heterocycles. The number of carbonyl (C=O) groups excluding carboxylic acids is 1. The highest BCUT2D eigenvalue weighted by atomic mass is 32.2. The van der Waals surface area contributed by atoms with E-state index in [-0.39, 0.29) is 23.5 Å². The summed E-state index contributed by atoms with van der Waals surface area (Å²) in [6.07, 6.45) is 2.13. The number of hydrogen-bond acceptors (Lipinski definition) is 5. The lowest BCUT2D eigenvalue weighted by Crippen LogP contribution is -2.38. The van der Waals surface area contributed by atoms with Gasteiger partial charge >= 0.3 is 0 Å². The molecule has 122 valence electrons. The summed E-state index contributed by atoms with van der Waals surface area (Å²) in [6.45, 7) is 5.82. The monoisotopic (exact) mass is 325 g/mol. The van der Waals surface area contributed by atoms with Gasteiger partial charge in [0, 0.05) is 38.1 Å². The summed E-state index contributed by atoms with van der Waals surface area (Å²) in [5.41, 5.74) is 1.31. The molecule has 0 spiro atoms. The second-order valence-electron chi connectivity index (χ2n) is 5.54. The molecule has 1 amide bonds. The van der Waals surface area contributed by atoms with Gasteiger partial charge in [-0.05, 0) is 32.4 Å². The zero-order valence-corrected chi connectivity index (χ0v) is 14.1. The molecule has 22 heavy (non-hydrogen) atoms. The first kappa shape index (κ1) is 16.7. The van der Waals surface area contributed by atoms with Crippen molar-refractivity contribution >= 4 is 21.4 Å². The number of nitrogens with zero attached hydrogens (tertiary/aromatic N) is 3. The van der Waals surface area contributed by atoms with E-state index in [4.69, 9.17) is 0 Å². The van der Waals surface area contributed by atoms with Crippen molar-refractivity contribution in [3.63, 3.8) is 0 Å². The van der Waals surface area contributed by atoms with Crippen LogP contribution < -0.4 is 4.90 Å². The summed E-state index contributed by atoms with van der Waals surface area (Å²) in [6, 6.07) is 3.40. The van der Waals surface area contributed by atoms with Gasteiger partial charge in [-0.25, -0.2) is 8.42 Å². The third-order valence-electron chi connectivity index (χ3n) is 4.17. The number of amides is 1. The van der Waals surface area contributed by atoms with Crippen LogP contribution in [-0.4, -0.2) is 61.9 Å². The molecule has 0 saturated carbocycles. The van der Waals surface area contributed by atoms with Gasteiger partial charge in [-0.2, -0.15) is 0 Å². The third kappa shape index (κ3) is 3.58. The highest BCUT2D eigenvalue weighted by Crippen LogP contribution is 2.20. The maximum Gasteiger partial charge on any atom is 0.272 e. The molecule has 0 N–H and O–H groups in total. The minimum absolute atomic E-state index is 0.0466. The molecule has 6 nitrogen and oxygen atoms in total. The molecule has 1 aromatic rings. The van der Waals surface area contributed by atoms with Gasteiger partial charge in [-0.1, -0.05) is 0 Å². The van der Waals surface area contributed by atoms with Crippen LogP contribution in [-0.2, 0) is 9.84 Å². The molecule has 1 aliphatic heterocycles. The van der Waals surface area contributed by atoms with Crippen LogP contribution in [0.3, 0.4) is 0 Å². The third-order valence-corrected chi connectivity index (χ3v) is 5.92. The zero-order valence-electron chi connectivity index (χ0n) is 13.3. The van der Waals surface area contributed by atoms with E-state index in [1.165, 1.54) is 4.90 Å². The molecule has 0 aromatic carbocycles. The number of pyridine rings is 1. The Morgan fingerprint density at radius 1 is 1.36 bits per heavy atom. The maximum absolute atomic E-state index is 12.5. The first-order valence-corrected chi connectivity index (χ1v) is 9.38. The molecular formula is C15H23N3O3S. The van der Waals surface area contributed by atoms with E-state index in [1.807, 2.05) is 6.07 Å². The lowest BCUT2D eigenvalue weighted by molar-refractivity contribution is 0.0742. The first-order chi connectivity index (χ1) is 10.4. The SMILES string of the molecule is CCN(CC)c1ccnc(C(=O)N(C)C2CCS(=O)(=O)C2)c1. The zero-order chi connectivity index (χ0) is 16.3. The van der Waals surface area contributed by atoms with Gasteiger partial charge in [0.2, 0.25) is 0 Å². The maximum atomic E-state index is 12.5. The van der Waals surface area contributed by atoms with Gasteiger partial charge in [-0.3, -0.25) is 9.78 Å². The number of rotatable bonds is 5. The van der Waals surface area contributed by atoms with Gasteiger partial charge in [0.25, 0.3) is 5.91 Å². The van der Waals surface area contributed by atoms with Crippen molar-refractivity contribution < 1.29 is 13.2 Å². The number of carbonyl (C=O) groups is 1. The molecule has 0 radical (unpaired) electrons. The van der Waals surface area contributed by atoms with E-state index in [2.05, 4.69) is 23.7 Å². The van der Waals surface area contributed by atoms with Crippen molar-refractivity contribution in [1.82, 2.24) is 9.88 Å². The van der Waals surface area contributed by atoms with E-state index < -0.39 is 9.84 Å². The Kier molecular flexibility index (Phi) is 5.05. The second kappa shape index (κ2) is 6.64. The summed E-state index contributed by atoms with van der Waals surface area (Å²) >= 11 is 0. The van der Waals surface area contributed by atoms with Gasteiger partial charge in [0.1, 0.15) is 5.69 Å². The number of sulfone groups is 1. The minimum atomic E-state index is -3.01. The van der Waals surface area contributed by atoms with Crippen LogP contribution in [0, 0.1) is 0 Å². The van der Waals surface area contributed by atoms with Crippen LogP contribution in [0.25, 0.3) is 0 Å². The molecule has 1 saturated heterocycles. The molecule has 0 bridgehead atoms. The van der Waals surface area contributed by atoms with Gasteiger partial charge in [0.05, 0.1) is 11.5 Å². The molecule has 1 unspecified atom stereocenters. The normalized spacial score (nSPS) is 19.9. The summed E-state index contributed by atoms with van der Waals surface area (Å²) < 4.78 is 23.1. The van der Waals surface area contributed by atoms with Crippen LogP contribution in [0.1, 0.15) is 30.8 Å². The Labute approximate surface area is 132 Å². The van der Waals surface area contributed by atoms with Crippen LogP contribution in [0.4, 0.5) is 5.69 Å². The predicted molar refractivity (Wildman–Crippen MR) is 87.0 cm³/mol. The molecule has 1 fully saturated rings. The molecule has 2 heterocycles.